The second-order valence-electron chi connectivity index (χ2n) is 6.06. The van der Waals surface area contributed by atoms with Crippen molar-refractivity contribution in [3.05, 3.63) is 86.3 Å². The molecule has 1 atom stereocenters. The third kappa shape index (κ3) is 3.54. The minimum Gasteiger partial charge on any atom is -0.325 e. The van der Waals surface area contributed by atoms with E-state index in [0.717, 1.165) is 5.56 Å². The number of halogens is 2. The molecule has 3 aromatic rings. The molecule has 0 saturated heterocycles. The van der Waals surface area contributed by atoms with Gasteiger partial charge in [0.15, 0.2) is 6.17 Å². The van der Waals surface area contributed by atoms with Gasteiger partial charge in [0.2, 0.25) is 11.9 Å². The molecule has 0 saturated carbocycles. The Kier molecular flexibility index (Phi) is 4.59. The summed E-state index contributed by atoms with van der Waals surface area (Å²) >= 11 is 12.2. The SMILES string of the molecule is Cc1cc(=O)n2c(n1)NC(Nc1ccccc1Cl)=NC2c1ccc(Cl)cc1. The first-order valence-corrected chi connectivity index (χ1v) is 8.99. The smallest absolute Gasteiger partial charge is 0.257 e. The van der Waals surface area contributed by atoms with Crippen molar-refractivity contribution in [1.82, 2.24) is 9.55 Å². The number of nitrogens with zero attached hydrogens (tertiary/aromatic N) is 3. The fourth-order valence-corrected chi connectivity index (χ4v) is 3.17. The van der Waals surface area contributed by atoms with Crippen molar-refractivity contribution >= 4 is 40.8 Å². The van der Waals surface area contributed by atoms with Crippen LogP contribution in [0.2, 0.25) is 10.0 Å². The summed E-state index contributed by atoms with van der Waals surface area (Å²) < 4.78 is 1.51. The normalized spacial score (nSPS) is 15.5. The van der Waals surface area contributed by atoms with Crippen LogP contribution in [0.5, 0.6) is 0 Å². The number of aromatic nitrogens is 2. The van der Waals surface area contributed by atoms with E-state index in [-0.39, 0.29) is 5.56 Å². The van der Waals surface area contributed by atoms with Crippen molar-refractivity contribution in [3.63, 3.8) is 0 Å². The first-order chi connectivity index (χ1) is 13.0. The van der Waals surface area contributed by atoms with Crippen LogP contribution in [0.1, 0.15) is 17.4 Å². The number of aliphatic imine (C=N–C) groups is 1. The first-order valence-electron chi connectivity index (χ1n) is 8.23. The van der Waals surface area contributed by atoms with Crippen LogP contribution in [0.15, 0.2) is 64.4 Å². The molecule has 1 aliphatic rings. The van der Waals surface area contributed by atoms with Gasteiger partial charge in [-0.25, -0.2) is 9.98 Å². The van der Waals surface area contributed by atoms with Crippen molar-refractivity contribution in [2.75, 3.05) is 10.6 Å². The molecule has 1 aromatic heterocycles. The van der Waals surface area contributed by atoms with Gasteiger partial charge < -0.3 is 5.32 Å². The third-order valence-corrected chi connectivity index (χ3v) is 4.68. The molecule has 0 bridgehead atoms. The predicted octanol–water partition coefficient (Wildman–Crippen LogP) is 4.30. The van der Waals surface area contributed by atoms with Crippen molar-refractivity contribution in [3.8, 4) is 0 Å². The fourth-order valence-electron chi connectivity index (χ4n) is 2.86. The number of rotatable bonds is 2. The molecule has 136 valence electrons. The van der Waals surface area contributed by atoms with E-state index in [2.05, 4.69) is 20.6 Å². The van der Waals surface area contributed by atoms with Crippen LogP contribution < -0.4 is 16.2 Å². The van der Waals surface area contributed by atoms with E-state index in [1.54, 1.807) is 25.1 Å². The van der Waals surface area contributed by atoms with E-state index < -0.39 is 6.17 Å². The first kappa shape index (κ1) is 17.6. The second kappa shape index (κ2) is 7.06. The van der Waals surface area contributed by atoms with E-state index in [0.29, 0.717) is 33.3 Å². The van der Waals surface area contributed by atoms with Crippen LogP contribution in [0.25, 0.3) is 0 Å². The molecule has 1 aliphatic heterocycles. The largest absolute Gasteiger partial charge is 0.325 e. The minimum atomic E-state index is -0.580. The van der Waals surface area contributed by atoms with Crippen molar-refractivity contribution in [2.45, 2.75) is 13.1 Å². The number of benzene rings is 2. The van der Waals surface area contributed by atoms with Gasteiger partial charge in [-0.1, -0.05) is 47.5 Å². The number of hydrogen-bond donors (Lipinski definition) is 2. The van der Waals surface area contributed by atoms with Crippen LogP contribution >= 0.6 is 23.2 Å². The number of para-hydroxylation sites is 1. The Morgan fingerprint density at radius 3 is 2.59 bits per heavy atom. The maximum absolute atomic E-state index is 12.6. The number of anilines is 2. The zero-order valence-electron chi connectivity index (χ0n) is 14.3. The Balaban J connectivity index is 1.81. The van der Waals surface area contributed by atoms with Crippen molar-refractivity contribution in [2.24, 2.45) is 4.99 Å². The van der Waals surface area contributed by atoms with Crippen LogP contribution in [0.4, 0.5) is 11.6 Å². The molecule has 27 heavy (non-hydrogen) atoms. The summed E-state index contributed by atoms with van der Waals surface area (Å²) in [5.41, 5.74) is 1.94. The molecule has 2 N–H and O–H groups in total. The highest BCUT2D eigenvalue weighted by molar-refractivity contribution is 6.33. The highest BCUT2D eigenvalue weighted by atomic mass is 35.5. The Labute approximate surface area is 165 Å². The Bertz CT molecular complexity index is 1090. The zero-order valence-corrected chi connectivity index (χ0v) is 15.8. The lowest BCUT2D eigenvalue weighted by Crippen LogP contribution is -2.37. The minimum absolute atomic E-state index is 0.189. The quantitative estimate of drug-likeness (QED) is 0.673. The molecular weight excluding hydrogens is 385 g/mol. The molecule has 2 aromatic carbocycles. The van der Waals surface area contributed by atoms with E-state index in [9.17, 15) is 4.79 Å². The highest BCUT2D eigenvalue weighted by Crippen LogP contribution is 2.28. The summed E-state index contributed by atoms with van der Waals surface area (Å²) in [6, 6.07) is 16.0. The second-order valence-corrected chi connectivity index (χ2v) is 6.91. The Morgan fingerprint density at radius 1 is 1.11 bits per heavy atom. The summed E-state index contributed by atoms with van der Waals surface area (Å²) in [4.78, 5) is 21.7. The van der Waals surface area contributed by atoms with E-state index in [1.807, 2.05) is 30.3 Å². The van der Waals surface area contributed by atoms with Gasteiger partial charge in [-0.3, -0.25) is 14.7 Å². The lowest BCUT2D eigenvalue weighted by molar-refractivity contribution is 0.577. The molecule has 0 fully saturated rings. The number of nitrogens with one attached hydrogen (secondary N) is 2. The van der Waals surface area contributed by atoms with Crippen LogP contribution in [-0.2, 0) is 0 Å². The van der Waals surface area contributed by atoms with Crippen LogP contribution in [-0.4, -0.2) is 15.5 Å². The van der Waals surface area contributed by atoms with Crippen LogP contribution in [0.3, 0.4) is 0 Å². The monoisotopic (exact) mass is 399 g/mol. The van der Waals surface area contributed by atoms with Crippen molar-refractivity contribution in [1.29, 1.82) is 0 Å². The molecule has 0 aliphatic carbocycles. The van der Waals surface area contributed by atoms with Crippen molar-refractivity contribution < 1.29 is 0 Å². The molecule has 8 heteroatoms. The lowest BCUT2D eigenvalue weighted by atomic mass is 10.1. The molecular formula is C19H15Cl2N5O. The van der Waals surface area contributed by atoms with E-state index >= 15 is 0 Å². The van der Waals surface area contributed by atoms with Gasteiger partial charge in [0.1, 0.15) is 0 Å². The summed E-state index contributed by atoms with van der Waals surface area (Å²) in [6.45, 7) is 1.77. The van der Waals surface area contributed by atoms with E-state index in [4.69, 9.17) is 23.2 Å². The Morgan fingerprint density at radius 2 is 1.85 bits per heavy atom. The zero-order chi connectivity index (χ0) is 19.0. The van der Waals surface area contributed by atoms with Gasteiger partial charge in [-0.2, -0.15) is 0 Å². The maximum atomic E-state index is 12.6. The maximum Gasteiger partial charge on any atom is 0.257 e. The van der Waals surface area contributed by atoms with Crippen LogP contribution in [0, 0.1) is 6.92 Å². The molecule has 0 amide bonds. The number of guanidine groups is 1. The lowest BCUT2D eigenvalue weighted by Gasteiger charge is -2.27. The topological polar surface area (TPSA) is 71.3 Å². The van der Waals surface area contributed by atoms with Gasteiger partial charge in [0.05, 0.1) is 10.7 Å². The fraction of sp³-hybridized carbons (Fsp3) is 0.105. The van der Waals surface area contributed by atoms with Gasteiger partial charge >= 0.3 is 0 Å². The Hall–Kier alpha value is -2.83. The summed E-state index contributed by atoms with van der Waals surface area (Å²) in [7, 11) is 0. The molecule has 1 unspecified atom stereocenters. The standard InChI is InChI=1S/C19H15Cl2N5O/c1-11-10-16(27)26-17(12-6-8-13(20)9-7-12)24-18(25-19(26)22-11)23-15-5-3-2-4-14(15)21/h2-10,17H,1H3,(H2,22,23,24,25). The molecule has 6 nitrogen and oxygen atoms in total. The third-order valence-electron chi connectivity index (χ3n) is 4.10. The van der Waals surface area contributed by atoms with Gasteiger partial charge in [0.25, 0.3) is 5.56 Å². The summed E-state index contributed by atoms with van der Waals surface area (Å²) in [5.74, 6) is 0.852. The predicted molar refractivity (Wildman–Crippen MR) is 109 cm³/mol. The van der Waals surface area contributed by atoms with Gasteiger partial charge in [-0.05, 0) is 36.8 Å². The molecule has 0 radical (unpaired) electrons. The highest BCUT2D eigenvalue weighted by Gasteiger charge is 2.25. The summed E-state index contributed by atoms with van der Waals surface area (Å²) in [5, 5.41) is 7.41. The number of hydrogen-bond acceptors (Lipinski definition) is 5. The average Bonchev–Trinajstić information content (AvgIpc) is 2.63. The number of fused-ring (bicyclic) bond motifs is 1. The van der Waals surface area contributed by atoms with Gasteiger partial charge in [0, 0.05) is 16.8 Å². The molecule has 4 rings (SSSR count). The average molecular weight is 400 g/mol. The molecule has 0 spiro atoms. The number of aryl methyl sites for hydroxylation is 1. The summed E-state index contributed by atoms with van der Waals surface area (Å²) in [6.07, 6.45) is -0.580. The van der Waals surface area contributed by atoms with E-state index in [1.165, 1.54) is 10.6 Å². The van der Waals surface area contributed by atoms with Gasteiger partial charge in [-0.15, -0.1) is 0 Å². The molecule has 2 heterocycles.